The average Bonchev–Trinajstić information content (AvgIpc) is 2.90. The number of benzene rings is 4. The zero-order valence-electron chi connectivity index (χ0n) is 21.3. The predicted molar refractivity (Wildman–Crippen MR) is 161 cm³/mol. The lowest BCUT2D eigenvalue weighted by atomic mass is 10.00. The number of carbonyl (C=O) groups is 1. The highest BCUT2D eigenvalue weighted by atomic mass is 79.9. The Morgan fingerprint density at radius 3 is 1.98 bits per heavy atom. The zero-order chi connectivity index (χ0) is 29.2. The summed E-state index contributed by atoms with van der Waals surface area (Å²) < 4.78 is 52.2. The number of sulfone groups is 1. The second kappa shape index (κ2) is 12.0. The molecule has 0 atom stereocenters. The molecule has 0 bridgehead atoms. The molecule has 5 rings (SSSR count). The molecule has 204 valence electrons. The number of anilines is 1. The van der Waals surface area contributed by atoms with Crippen molar-refractivity contribution < 1.29 is 22.0 Å². The van der Waals surface area contributed by atoms with Crippen molar-refractivity contribution in [2.45, 2.75) is 11.8 Å². The SMILES string of the molecule is Cc1nc2ccc(Br)cc2c(-c2ccc(F)cc2)c1S(C)(=O)=O.Nc1ccc(Br)cc1C(=O)c1ccc(F)cc1. The van der Waals surface area contributed by atoms with Crippen LogP contribution in [0.1, 0.15) is 21.6 Å². The number of carbonyl (C=O) groups excluding carboxylic acids is 1. The van der Waals surface area contributed by atoms with Gasteiger partial charge in [0.1, 0.15) is 11.6 Å². The second-order valence-corrected chi connectivity index (χ2v) is 12.7. The Morgan fingerprint density at radius 2 is 1.38 bits per heavy atom. The summed E-state index contributed by atoms with van der Waals surface area (Å²) in [5, 5.41) is 0.706. The average molecular weight is 688 g/mol. The molecule has 1 aromatic heterocycles. The third-order valence-electron chi connectivity index (χ3n) is 5.94. The Labute approximate surface area is 247 Å². The van der Waals surface area contributed by atoms with Crippen molar-refractivity contribution in [1.29, 1.82) is 0 Å². The van der Waals surface area contributed by atoms with E-state index in [0.717, 1.165) is 15.2 Å². The van der Waals surface area contributed by atoms with Gasteiger partial charge in [0.15, 0.2) is 15.6 Å². The van der Waals surface area contributed by atoms with E-state index in [2.05, 4.69) is 36.8 Å². The van der Waals surface area contributed by atoms with Gasteiger partial charge in [-0.1, -0.05) is 44.0 Å². The van der Waals surface area contributed by atoms with E-state index in [4.69, 9.17) is 5.73 Å². The molecule has 0 aliphatic carbocycles. The maximum atomic E-state index is 13.3. The summed E-state index contributed by atoms with van der Waals surface area (Å²) in [6, 6.07) is 21.8. The van der Waals surface area contributed by atoms with Gasteiger partial charge in [-0.15, -0.1) is 0 Å². The second-order valence-electron chi connectivity index (χ2n) is 8.91. The molecule has 2 N–H and O–H groups in total. The summed E-state index contributed by atoms with van der Waals surface area (Å²) >= 11 is 6.69. The lowest BCUT2D eigenvalue weighted by Crippen LogP contribution is -2.06. The first-order valence-corrected chi connectivity index (χ1v) is 15.2. The maximum absolute atomic E-state index is 13.3. The van der Waals surface area contributed by atoms with Crippen LogP contribution in [0, 0.1) is 18.6 Å². The van der Waals surface area contributed by atoms with E-state index in [0.29, 0.717) is 44.5 Å². The van der Waals surface area contributed by atoms with Gasteiger partial charge < -0.3 is 5.73 Å². The van der Waals surface area contributed by atoms with Crippen LogP contribution in [0.15, 0.2) is 98.8 Å². The third-order valence-corrected chi connectivity index (χ3v) is 8.17. The molecule has 0 saturated carbocycles. The fourth-order valence-electron chi connectivity index (χ4n) is 4.18. The minimum atomic E-state index is -3.50. The number of fused-ring (bicyclic) bond motifs is 1. The van der Waals surface area contributed by atoms with Crippen molar-refractivity contribution in [3.8, 4) is 11.1 Å². The number of pyridine rings is 1. The van der Waals surface area contributed by atoms with Crippen LogP contribution in [0.3, 0.4) is 0 Å². The molecular formula is C30H22Br2F2N2O3S. The molecule has 0 fully saturated rings. The van der Waals surface area contributed by atoms with Crippen LogP contribution >= 0.6 is 31.9 Å². The molecule has 5 nitrogen and oxygen atoms in total. The highest BCUT2D eigenvalue weighted by Crippen LogP contribution is 2.37. The Kier molecular flexibility index (Phi) is 8.82. The molecule has 4 aromatic carbocycles. The van der Waals surface area contributed by atoms with Gasteiger partial charge >= 0.3 is 0 Å². The van der Waals surface area contributed by atoms with Gasteiger partial charge in [0.05, 0.1) is 16.1 Å². The Morgan fingerprint density at radius 1 is 0.825 bits per heavy atom. The minimum absolute atomic E-state index is 0.176. The molecule has 5 aromatic rings. The van der Waals surface area contributed by atoms with Crippen LogP contribution < -0.4 is 5.73 Å². The highest BCUT2D eigenvalue weighted by Gasteiger charge is 2.22. The first-order valence-electron chi connectivity index (χ1n) is 11.8. The number of ketones is 1. The zero-order valence-corrected chi connectivity index (χ0v) is 25.2. The fraction of sp³-hybridized carbons (Fsp3) is 0.0667. The first-order chi connectivity index (χ1) is 18.8. The molecule has 0 saturated heterocycles. The van der Waals surface area contributed by atoms with Gasteiger partial charge in [0.25, 0.3) is 0 Å². The van der Waals surface area contributed by atoms with Crippen LogP contribution in [-0.2, 0) is 9.84 Å². The van der Waals surface area contributed by atoms with Gasteiger partial charge in [-0.25, -0.2) is 17.2 Å². The predicted octanol–water partition coefficient (Wildman–Crippen LogP) is 7.92. The Balaban J connectivity index is 0.000000194. The van der Waals surface area contributed by atoms with Crippen molar-refractivity contribution in [2.24, 2.45) is 0 Å². The monoisotopic (exact) mass is 686 g/mol. The molecular weight excluding hydrogens is 666 g/mol. The van der Waals surface area contributed by atoms with Crippen molar-refractivity contribution >= 4 is 64.1 Å². The lowest BCUT2D eigenvalue weighted by Gasteiger charge is -2.15. The largest absolute Gasteiger partial charge is 0.398 e. The third kappa shape index (κ3) is 6.63. The lowest BCUT2D eigenvalue weighted by molar-refractivity contribution is 0.103. The van der Waals surface area contributed by atoms with E-state index in [-0.39, 0.29) is 22.3 Å². The van der Waals surface area contributed by atoms with Crippen LogP contribution in [0.25, 0.3) is 22.0 Å². The number of halogens is 4. The summed E-state index contributed by atoms with van der Waals surface area (Å²) in [5.74, 6) is -0.960. The number of nitrogen functional groups attached to an aromatic ring is 1. The smallest absolute Gasteiger partial charge is 0.195 e. The van der Waals surface area contributed by atoms with E-state index in [9.17, 15) is 22.0 Å². The number of nitrogens with zero attached hydrogens (tertiary/aromatic N) is 1. The van der Waals surface area contributed by atoms with E-state index in [1.807, 2.05) is 18.2 Å². The quantitative estimate of drug-likeness (QED) is 0.153. The van der Waals surface area contributed by atoms with Gasteiger partial charge in [-0.2, -0.15) is 0 Å². The van der Waals surface area contributed by atoms with Gasteiger partial charge in [0.2, 0.25) is 0 Å². The highest BCUT2D eigenvalue weighted by molar-refractivity contribution is 9.10. The van der Waals surface area contributed by atoms with Crippen molar-refractivity contribution in [1.82, 2.24) is 4.98 Å². The molecule has 0 aliphatic rings. The van der Waals surface area contributed by atoms with E-state index in [1.165, 1.54) is 36.4 Å². The summed E-state index contributed by atoms with van der Waals surface area (Å²) in [5.41, 5.74) is 9.28. The van der Waals surface area contributed by atoms with Crippen LogP contribution in [-0.4, -0.2) is 25.4 Å². The van der Waals surface area contributed by atoms with Crippen LogP contribution in [0.2, 0.25) is 0 Å². The van der Waals surface area contributed by atoms with E-state index >= 15 is 0 Å². The molecule has 40 heavy (non-hydrogen) atoms. The number of rotatable bonds is 4. The molecule has 1 heterocycles. The fourth-order valence-corrected chi connectivity index (χ4v) is 6.08. The molecule has 10 heteroatoms. The summed E-state index contributed by atoms with van der Waals surface area (Å²) in [6.45, 7) is 1.67. The summed E-state index contributed by atoms with van der Waals surface area (Å²) in [6.07, 6.45) is 1.16. The van der Waals surface area contributed by atoms with E-state index < -0.39 is 9.84 Å². The maximum Gasteiger partial charge on any atom is 0.195 e. The number of aryl methyl sites for hydroxylation is 1. The molecule has 0 aliphatic heterocycles. The van der Waals surface area contributed by atoms with Crippen LogP contribution in [0.4, 0.5) is 14.5 Å². The standard InChI is InChI=1S/C17H13BrFNO2S.C13H9BrFNO/c1-10-17(23(2,21)22)16(11-3-6-13(19)7-4-11)14-9-12(18)5-8-15(14)20-10;14-9-3-6-12(16)11(7-9)13(17)8-1-4-10(15)5-2-8/h3-9H,1-2H3;1-7H,16H2. The minimum Gasteiger partial charge on any atom is -0.398 e. The Hall–Kier alpha value is -3.47. The summed E-state index contributed by atoms with van der Waals surface area (Å²) in [7, 11) is -3.50. The van der Waals surface area contributed by atoms with Crippen molar-refractivity contribution in [3.63, 3.8) is 0 Å². The van der Waals surface area contributed by atoms with Gasteiger partial charge in [0, 0.05) is 43.0 Å². The van der Waals surface area contributed by atoms with Gasteiger partial charge in [-0.3, -0.25) is 9.78 Å². The molecule has 0 unspecified atom stereocenters. The number of hydrogen-bond donors (Lipinski definition) is 1. The van der Waals surface area contributed by atoms with E-state index in [1.54, 1.807) is 37.3 Å². The van der Waals surface area contributed by atoms with Crippen molar-refractivity contribution in [2.75, 3.05) is 12.0 Å². The summed E-state index contributed by atoms with van der Waals surface area (Å²) in [4.78, 5) is 16.7. The van der Waals surface area contributed by atoms with Gasteiger partial charge in [-0.05, 0) is 85.3 Å². The number of aromatic nitrogens is 1. The topological polar surface area (TPSA) is 90.1 Å². The molecule has 0 amide bonds. The first kappa shape index (κ1) is 29.5. The Bertz CT molecular complexity index is 1840. The normalized spacial score (nSPS) is 11.2. The number of nitrogens with two attached hydrogens (primary N) is 1. The molecule has 0 spiro atoms. The van der Waals surface area contributed by atoms with Crippen LogP contribution in [0.5, 0.6) is 0 Å². The van der Waals surface area contributed by atoms with Crippen molar-refractivity contribution in [3.05, 3.63) is 122 Å². The number of hydrogen-bond acceptors (Lipinski definition) is 5. The molecule has 0 radical (unpaired) electrons.